The van der Waals surface area contributed by atoms with Crippen molar-refractivity contribution >= 4 is 11.9 Å². The highest BCUT2D eigenvalue weighted by Crippen LogP contribution is 2.25. The Bertz CT molecular complexity index is 845. The predicted octanol–water partition coefficient (Wildman–Crippen LogP) is 2.88. The number of carboxylic acid groups (broad SMARTS) is 1. The van der Waals surface area contributed by atoms with Gasteiger partial charge in [-0.25, -0.2) is 4.79 Å². The van der Waals surface area contributed by atoms with Gasteiger partial charge in [0.05, 0.1) is 12.0 Å². The minimum absolute atomic E-state index is 0.0708. The van der Waals surface area contributed by atoms with Gasteiger partial charge in [0.2, 0.25) is 5.91 Å². The third-order valence-electron chi connectivity index (χ3n) is 5.30. The second-order valence-corrected chi connectivity index (χ2v) is 7.67. The second kappa shape index (κ2) is 7.92. The fourth-order valence-electron chi connectivity index (χ4n) is 3.56. The van der Waals surface area contributed by atoms with Crippen LogP contribution in [0.15, 0.2) is 48.5 Å². The molecular formula is C22H26N2O3. The molecule has 1 heterocycles. The Kier molecular flexibility index (Phi) is 5.61. The van der Waals surface area contributed by atoms with E-state index in [0.29, 0.717) is 12.1 Å². The molecule has 1 amide bonds. The number of nitrogens with zero attached hydrogens (tertiary/aromatic N) is 1. The molecule has 5 nitrogen and oxygen atoms in total. The van der Waals surface area contributed by atoms with E-state index in [1.54, 1.807) is 18.2 Å². The Morgan fingerprint density at radius 2 is 1.74 bits per heavy atom. The van der Waals surface area contributed by atoms with Crippen molar-refractivity contribution in [1.29, 1.82) is 0 Å². The molecule has 142 valence electrons. The van der Waals surface area contributed by atoms with Crippen LogP contribution in [0.2, 0.25) is 0 Å². The first-order valence-corrected chi connectivity index (χ1v) is 9.26. The molecule has 0 atom stereocenters. The number of hydrogen-bond donors (Lipinski definition) is 2. The molecule has 0 aliphatic carbocycles. The summed E-state index contributed by atoms with van der Waals surface area (Å²) < 4.78 is 0. The minimum Gasteiger partial charge on any atom is -0.478 e. The molecular weight excluding hydrogens is 340 g/mol. The smallest absolute Gasteiger partial charge is 0.335 e. The molecule has 0 bridgehead atoms. The molecule has 3 rings (SSSR count). The lowest BCUT2D eigenvalue weighted by atomic mass is 9.94. The fourth-order valence-corrected chi connectivity index (χ4v) is 3.56. The van der Waals surface area contributed by atoms with Crippen LogP contribution in [0.3, 0.4) is 0 Å². The molecule has 5 heteroatoms. The molecule has 0 saturated carbocycles. The van der Waals surface area contributed by atoms with Gasteiger partial charge in [-0.2, -0.15) is 0 Å². The maximum absolute atomic E-state index is 12.4. The Morgan fingerprint density at radius 1 is 1.07 bits per heavy atom. The zero-order valence-electron chi connectivity index (χ0n) is 15.9. The lowest BCUT2D eigenvalue weighted by Gasteiger charge is -2.41. The SMILES string of the molecule is CC(C)(CNC(=O)Cc1ccccc1C(=O)O)N1CCc2ccccc2C1. The van der Waals surface area contributed by atoms with Gasteiger partial charge in [0, 0.05) is 25.2 Å². The van der Waals surface area contributed by atoms with Gasteiger partial charge in [0.25, 0.3) is 0 Å². The van der Waals surface area contributed by atoms with Gasteiger partial charge in [-0.3, -0.25) is 9.69 Å². The lowest BCUT2D eigenvalue weighted by Crippen LogP contribution is -2.53. The normalized spacial score (nSPS) is 14.4. The molecule has 2 aromatic carbocycles. The van der Waals surface area contributed by atoms with E-state index in [1.807, 2.05) is 0 Å². The predicted molar refractivity (Wildman–Crippen MR) is 105 cm³/mol. The molecule has 0 unspecified atom stereocenters. The highest BCUT2D eigenvalue weighted by atomic mass is 16.4. The zero-order valence-corrected chi connectivity index (χ0v) is 15.9. The van der Waals surface area contributed by atoms with E-state index < -0.39 is 5.97 Å². The van der Waals surface area contributed by atoms with Gasteiger partial charge in [0.15, 0.2) is 0 Å². The monoisotopic (exact) mass is 366 g/mol. The van der Waals surface area contributed by atoms with Crippen LogP contribution in [0.1, 0.15) is 40.9 Å². The number of amides is 1. The van der Waals surface area contributed by atoms with Crippen LogP contribution >= 0.6 is 0 Å². The number of aromatic carboxylic acids is 1. The first-order valence-electron chi connectivity index (χ1n) is 9.26. The van der Waals surface area contributed by atoms with Crippen LogP contribution in [0.5, 0.6) is 0 Å². The van der Waals surface area contributed by atoms with Crippen LogP contribution in [0, 0.1) is 0 Å². The molecule has 1 aliphatic rings. The van der Waals surface area contributed by atoms with E-state index in [9.17, 15) is 14.7 Å². The Labute approximate surface area is 160 Å². The van der Waals surface area contributed by atoms with E-state index in [2.05, 4.69) is 48.3 Å². The van der Waals surface area contributed by atoms with E-state index in [4.69, 9.17) is 0 Å². The first kappa shape index (κ1) is 19.1. The summed E-state index contributed by atoms with van der Waals surface area (Å²) in [6.07, 6.45) is 1.08. The van der Waals surface area contributed by atoms with Crippen LogP contribution < -0.4 is 5.32 Å². The summed E-state index contributed by atoms with van der Waals surface area (Å²) in [4.78, 5) is 26.1. The third kappa shape index (κ3) is 4.55. The number of fused-ring (bicyclic) bond motifs is 1. The van der Waals surface area contributed by atoms with Crippen molar-refractivity contribution in [3.8, 4) is 0 Å². The van der Waals surface area contributed by atoms with Crippen molar-refractivity contribution in [3.63, 3.8) is 0 Å². The van der Waals surface area contributed by atoms with Gasteiger partial charge >= 0.3 is 5.97 Å². The number of hydrogen-bond acceptors (Lipinski definition) is 3. The summed E-state index contributed by atoms with van der Waals surface area (Å²) in [5.41, 5.74) is 3.28. The fraction of sp³-hybridized carbons (Fsp3) is 0.364. The summed E-state index contributed by atoms with van der Waals surface area (Å²) in [6.45, 7) is 6.62. The largest absolute Gasteiger partial charge is 0.478 e. The van der Waals surface area contributed by atoms with Crippen LogP contribution in [0.25, 0.3) is 0 Å². The van der Waals surface area contributed by atoms with Gasteiger partial charge in [-0.05, 0) is 43.0 Å². The number of carboxylic acids is 1. The summed E-state index contributed by atoms with van der Waals surface area (Å²) in [7, 11) is 0. The number of carbonyl (C=O) groups excluding carboxylic acids is 1. The lowest BCUT2D eigenvalue weighted by molar-refractivity contribution is -0.121. The number of rotatable bonds is 6. The Morgan fingerprint density at radius 3 is 2.48 bits per heavy atom. The van der Waals surface area contributed by atoms with Gasteiger partial charge in [-0.1, -0.05) is 42.5 Å². The van der Waals surface area contributed by atoms with Crippen molar-refractivity contribution in [2.75, 3.05) is 13.1 Å². The maximum atomic E-state index is 12.4. The van der Waals surface area contributed by atoms with E-state index >= 15 is 0 Å². The van der Waals surface area contributed by atoms with E-state index in [-0.39, 0.29) is 23.4 Å². The first-order chi connectivity index (χ1) is 12.9. The Balaban J connectivity index is 1.59. The Hall–Kier alpha value is -2.66. The summed E-state index contributed by atoms with van der Waals surface area (Å²) in [5.74, 6) is -1.17. The number of carbonyl (C=O) groups is 2. The maximum Gasteiger partial charge on any atom is 0.335 e. The summed E-state index contributed by atoms with van der Waals surface area (Å²) in [5, 5.41) is 12.2. The minimum atomic E-state index is -1.01. The molecule has 2 aromatic rings. The topological polar surface area (TPSA) is 69.6 Å². The summed E-state index contributed by atoms with van der Waals surface area (Å²) in [6, 6.07) is 15.1. The molecule has 1 aliphatic heterocycles. The zero-order chi connectivity index (χ0) is 19.4. The van der Waals surface area contributed by atoms with Crippen molar-refractivity contribution < 1.29 is 14.7 Å². The quantitative estimate of drug-likeness (QED) is 0.825. The molecule has 27 heavy (non-hydrogen) atoms. The van der Waals surface area contributed by atoms with E-state index in [1.165, 1.54) is 17.2 Å². The second-order valence-electron chi connectivity index (χ2n) is 7.67. The van der Waals surface area contributed by atoms with Crippen LogP contribution in [-0.2, 0) is 24.2 Å². The average molecular weight is 366 g/mol. The van der Waals surface area contributed by atoms with Crippen molar-refractivity contribution in [2.24, 2.45) is 0 Å². The average Bonchev–Trinajstić information content (AvgIpc) is 2.66. The van der Waals surface area contributed by atoms with Gasteiger partial charge in [0.1, 0.15) is 0 Å². The van der Waals surface area contributed by atoms with E-state index in [0.717, 1.165) is 19.5 Å². The molecule has 0 spiro atoms. The molecule has 0 fully saturated rings. The highest BCUT2D eigenvalue weighted by Gasteiger charge is 2.30. The summed E-state index contributed by atoms with van der Waals surface area (Å²) >= 11 is 0. The van der Waals surface area contributed by atoms with Gasteiger partial charge in [-0.15, -0.1) is 0 Å². The molecule has 0 aromatic heterocycles. The van der Waals surface area contributed by atoms with Crippen molar-refractivity contribution in [2.45, 2.75) is 38.8 Å². The van der Waals surface area contributed by atoms with Crippen molar-refractivity contribution in [3.05, 3.63) is 70.8 Å². The molecule has 0 saturated heterocycles. The van der Waals surface area contributed by atoms with Gasteiger partial charge < -0.3 is 10.4 Å². The molecule has 2 N–H and O–H groups in total. The molecule has 0 radical (unpaired) electrons. The third-order valence-corrected chi connectivity index (χ3v) is 5.30. The number of nitrogens with one attached hydrogen (secondary N) is 1. The van der Waals surface area contributed by atoms with Crippen molar-refractivity contribution in [1.82, 2.24) is 10.2 Å². The van der Waals surface area contributed by atoms with Crippen LogP contribution in [-0.4, -0.2) is 40.5 Å². The highest BCUT2D eigenvalue weighted by molar-refractivity contribution is 5.91. The van der Waals surface area contributed by atoms with Crippen LogP contribution in [0.4, 0.5) is 0 Å². The number of benzene rings is 2. The standard InChI is InChI=1S/C22H26N2O3/c1-22(2,24-12-11-16-7-3-4-9-18(16)14-24)15-23-20(25)13-17-8-5-6-10-19(17)21(26)27/h3-10H,11-15H2,1-2H3,(H,23,25)(H,26,27).